The first-order valence-corrected chi connectivity index (χ1v) is 5.18. The molecule has 0 aromatic carbocycles. The van der Waals surface area contributed by atoms with E-state index < -0.39 is 0 Å². The SMILES string of the molecule is CCOC(=O)C1NCC12CCCC2. The van der Waals surface area contributed by atoms with E-state index in [0.717, 1.165) is 6.54 Å². The Kier molecular flexibility index (Phi) is 2.28. The maximum atomic E-state index is 11.5. The summed E-state index contributed by atoms with van der Waals surface area (Å²) >= 11 is 0. The topological polar surface area (TPSA) is 38.3 Å². The zero-order chi connectivity index (χ0) is 9.31. The predicted molar refractivity (Wildman–Crippen MR) is 49.3 cm³/mol. The van der Waals surface area contributed by atoms with E-state index in [1.54, 1.807) is 0 Å². The largest absolute Gasteiger partial charge is 0.465 e. The molecule has 1 saturated heterocycles. The highest BCUT2D eigenvalue weighted by Crippen LogP contribution is 2.45. The minimum Gasteiger partial charge on any atom is -0.465 e. The van der Waals surface area contributed by atoms with Gasteiger partial charge in [-0.3, -0.25) is 4.79 Å². The predicted octanol–water partition coefficient (Wildman–Crippen LogP) is 1.08. The molecule has 13 heavy (non-hydrogen) atoms. The summed E-state index contributed by atoms with van der Waals surface area (Å²) in [5.41, 5.74) is 0.270. The summed E-state index contributed by atoms with van der Waals surface area (Å²) in [6.07, 6.45) is 4.95. The van der Waals surface area contributed by atoms with Crippen LogP contribution in [-0.2, 0) is 9.53 Å². The lowest BCUT2D eigenvalue weighted by Crippen LogP contribution is -2.65. The standard InChI is InChI=1S/C10H17NO2/c1-2-13-9(12)8-10(7-11-8)5-3-4-6-10/h8,11H,2-7H2,1H3. The summed E-state index contributed by atoms with van der Waals surface area (Å²) < 4.78 is 5.03. The van der Waals surface area contributed by atoms with Crippen LogP contribution in [0, 0.1) is 5.41 Å². The Morgan fingerprint density at radius 2 is 2.23 bits per heavy atom. The van der Waals surface area contributed by atoms with Crippen molar-refractivity contribution in [3.05, 3.63) is 0 Å². The average molecular weight is 183 g/mol. The lowest BCUT2D eigenvalue weighted by atomic mass is 9.72. The fraction of sp³-hybridized carbons (Fsp3) is 0.900. The van der Waals surface area contributed by atoms with E-state index in [9.17, 15) is 4.79 Å². The van der Waals surface area contributed by atoms with Gasteiger partial charge in [0, 0.05) is 12.0 Å². The Hall–Kier alpha value is -0.570. The van der Waals surface area contributed by atoms with Crippen molar-refractivity contribution in [3.63, 3.8) is 0 Å². The van der Waals surface area contributed by atoms with Crippen LogP contribution in [0.15, 0.2) is 0 Å². The fourth-order valence-electron chi connectivity index (χ4n) is 2.60. The van der Waals surface area contributed by atoms with Crippen LogP contribution in [0.5, 0.6) is 0 Å². The minimum atomic E-state index is -0.0457. The van der Waals surface area contributed by atoms with Crippen molar-refractivity contribution in [2.24, 2.45) is 5.41 Å². The Balaban J connectivity index is 1.97. The number of hydrogen-bond acceptors (Lipinski definition) is 3. The van der Waals surface area contributed by atoms with E-state index in [2.05, 4.69) is 5.32 Å². The first-order valence-electron chi connectivity index (χ1n) is 5.18. The van der Waals surface area contributed by atoms with E-state index in [4.69, 9.17) is 4.74 Å². The van der Waals surface area contributed by atoms with Crippen molar-refractivity contribution in [1.29, 1.82) is 0 Å². The van der Waals surface area contributed by atoms with Crippen LogP contribution < -0.4 is 5.32 Å². The molecule has 2 rings (SSSR count). The molecular weight excluding hydrogens is 166 g/mol. The van der Waals surface area contributed by atoms with E-state index in [-0.39, 0.29) is 17.4 Å². The highest BCUT2D eigenvalue weighted by molar-refractivity contribution is 5.78. The molecule has 1 aliphatic carbocycles. The minimum absolute atomic E-state index is 0.00468. The maximum absolute atomic E-state index is 11.5. The molecule has 1 heterocycles. The quantitative estimate of drug-likeness (QED) is 0.651. The molecule has 74 valence electrons. The Labute approximate surface area is 78.8 Å². The van der Waals surface area contributed by atoms with Gasteiger partial charge in [-0.2, -0.15) is 0 Å². The third-order valence-corrected chi connectivity index (χ3v) is 3.39. The van der Waals surface area contributed by atoms with Crippen LogP contribution in [0.25, 0.3) is 0 Å². The number of carbonyl (C=O) groups excluding carboxylic acids is 1. The first kappa shape index (κ1) is 9.00. The summed E-state index contributed by atoms with van der Waals surface area (Å²) in [6, 6.07) is -0.00468. The molecule has 2 fully saturated rings. The third kappa shape index (κ3) is 1.35. The van der Waals surface area contributed by atoms with Gasteiger partial charge in [-0.15, -0.1) is 0 Å². The molecule has 2 aliphatic rings. The second-order valence-electron chi connectivity index (χ2n) is 4.14. The van der Waals surface area contributed by atoms with Gasteiger partial charge < -0.3 is 10.1 Å². The summed E-state index contributed by atoms with van der Waals surface area (Å²) in [6.45, 7) is 3.36. The summed E-state index contributed by atoms with van der Waals surface area (Å²) in [4.78, 5) is 11.5. The Bertz CT molecular complexity index is 209. The van der Waals surface area contributed by atoms with Crippen LogP contribution in [0.4, 0.5) is 0 Å². The Morgan fingerprint density at radius 3 is 2.69 bits per heavy atom. The smallest absolute Gasteiger partial charge is 0.323 e. The van der Waals surface area contributed by atoms with E-state index in [1.807, 2.05) is 6.92 Å². The van der Waals surface area contributed by atoms with Crippen molar-refractivity contribution in [2.45, 2.75) is 38.6 Å². The van der Waals surface area contributed by atoms with Gasteiger partial charge in [0.25, 0.3) is 0 Å². The molecule has 3 nitrogen and oxygen atoms in total. The van der Waals surface area contributed by atoms with Gasteiger partial charge in [0.05, 0.1) is 6.61 Å². The number of nitrogens with one attached hydrogen (secondary N) is 1. The summed E-state index contributed by atoms with van der Waals surface area (Å²) in [5, 5.41) is 3.19. The average Bonchev–Trinajstić information content (AvgIpc) is 2.52. The molecular formula is C10H17NO2. The molecule has 0 bridgehead atoms. The summed E-state index contributed by atoms with van der Waals surface area (Å²) in [5.74, 6) is -0.0457. The van der Waals surface area contributed by atoms with Gasteiger partial charge in [0.15, 0.2) is 0 Å². The van der Waals surface area contributed by atoms with Crippen LogP contribution in [0.3, 0.4) is 0 Å². The van der Waals surface area contributed by atoms with Gasteiger partial charge in [0.1, 0.15) is 6.04 Å². The second kappa shape index (κ2) is 3.29. The molecule has 3 heteroatoms. The number of ether oxygens (including phenoxy) is 1. The molecule has 1 unspecified atom stereocenters. The maximum Gasteiger partial charge on any atom is 0.323 e. The Morgan fingerprint density at radius 1 is 1.54 bits per heavy atom. The zero-order valence-electron chi connectivity index (χ0n) is 8.14. The lowest BCUT2D eigenvalue weighted by molar-refractivity contribution is -0.154. The van der Waals surface area contributed by atoms with Crippen molar-refractivity contribution >= 4 is 5.97 Å². The zero-order valence-corrected chi connectivity index (χ0v) is 8.14. The molecule has 0 aromatic rings. The number of hydrogen-bond donors (Lipinski definition) is 1. The van der Waals surface area contributed by atoms with Gasteiger partial charge in [-0.1, -0.05) is 12.8 Å². The van der Waals surface area contributed by atoms with Crippen molar-refractivity contribution in [3.8, 4) is 0 Å². The summed E-state index contributed by atoms with van der Waals surface area (Å²) in [7, 11) is 0. The first-order chi connectivity index (χ1) is 6.28. The normalized spacial score (nSPS) is 30.1. The van der Waals surface area contributed by atoms with E-state index in [0.29, 0.717) is 6.61 Å². The third-order valence-electron chi connectivity index (χ3n) is 3.39. The van der Waals surface area contributed by atoms with Gasteiger partial charge in [0.2, 0.25) is 0 Å². The monoisotopic (exact) mass is 183 g/mol. The highest BCUT2D eigenvalue weighted by Gasteiger charge is 2.52. The molecule has 1 spiro atoms. The van der Waals surface area contributed by atoms with Crippen molar-refractivity contribution in [1.82, 2.24) is 5.32 Å². The van der Waals surface area contributed by atoms with Crippen LogP contribution in [-0.4, -0.2) is 25.2 Å². The van der Waals surface area contributed by atoms with Crippen molar-refractivity contribution in [2.75, 3.05) is 13.2 Å². The molecule has 0 aromatic heterocycles. The van der Waals surface area contributed by atoms with Gasteiger partial charge >= 0.3 is 5.97 Å². The molecule has 0 radical (unpaired) electrons. The molecule has 1 atom stereocenters. The number of esters is 1. The fourth-order valence-corrected chi connectivity index (χ4v) is 2.60. The second-order valence-corrected chi connectivity index (χ2v) is 4.14. The van der Waals surface area contributed by atoms with Gasteiger partial charge in [-0.05, 0) is 19.8 Å². The number of carbonyl (C=O) groups is 1. The van der Waals surface area contributed by atoms with Crippen LogP contribution in [0.2, 0.25) is 0 Å². The van der Waals surface area contributed by atoms with E-state index in [1.165, 1.54) is 25.7 Å². The van der Waals surface area contributed by atoms with Crippen LogP contribution in [0.1, 0.15) is 32.6 Å². The van der Waals surface area contributed by atoms with Crippen LogP contribution >= 0.6 is 0 Å². The lowest BCUT2D eigenvalue weighted by Gasteiger charge is -2.46. The molecule has 1 aliphatic heterocycles. The highest BCUT2D eigenvalue weighted by atomic mass is 16.5. The van der Waals surface area contributed by atoms with Crippen molar-refractivity contribution < 1.29 is 9.53 Å². The van der Waals surface area contributed by atoms with E-state index >= 15 is 0 Å². The number of rotatable bonds is 2. The van der Waals surface area contributed by atoms with Gasteiger partial charge in [-0.25, -0.2) is 0 Å². The molecule has 1 N–H and O–H groups in total. The molecule has 0 amide bonds. The molecule has 1 saturated carbocycles.